The number of benzene rings is 2. The van der Waals surface area contributed by atoms with Crippen molar-refractivity contribution in [2.45, 2.75) is 19.8 Å². The first kappa shape index (κ1) is 12.2. The van der Waals surface area contributed by atoms with Gasteiger partial charge in [0.2, 0.25) is 0 Å². The fourth-order valence-corrected chi connectivity index (χ4v) is 3.14. The third kappa shape index (κ3) is 2.10. The van der Waals surface area contributed by atoms with Gasteiger partial charge in [-0.15, -0.1) is 0 Å². The summed E-state index contributed by atoms with van der Waals surface area (Å²) >= 11 is 1.50. The van der Waals surface area contributed by atoms with Gasteiger partial charge < -0.3 is 0 Å². The summed E-state index contributed by atoms with van der Waals surface area (Å²) in [4.78, 5) is 12.4. The molecule has 0 aliphatic heterocycles. The number of fused-ring (bicyclic) bond motifs is 1. The highest BCUT2D eigenvalue weighted by atomic mass is 32.1. The van der Waals surface area contributed by atoms with E-state index in [-0.39, 0.29) is 5.56 Å². The average molecular weight is 269 g/mol. The van der Waals surface area contributed by atoms with Crippen LogP contribution in [0.25, 0.3) is 15.8 Å². The Morgan fingerprint density at radius 2 is 1.84 bits per heavy atom. The number of hydrogen-bond acceptors (Lipinski definition) is 2. The van der Waals surface area contributed by atoms with E-state index >= 15 is 0 Å². The second-order valence-electron chi connectivity index (χ2n) is 4.94. The van der Waals surface area contributed by atoms with Crippen molar-refractivity contribution in [2.24, 2.45) is 0 Å². The van der Waals surface area contributed by atoms with E-state index in [0.29, 0.717) is 5.92 Å². The van der Waals surface area contributed by atoms with Gasteiger partial charge in [-0.2, -0.15) is 0 Å². The summed E-state index contributed by atoms with van der Waals surface area (Å²) in [6.07, 6.45) is 0. The maximum Gasteiger partial charge on any atom is 0.273 e. The molecule has 0 saturated heterocycles. The first-order valence-corrected chi connectivity index (χ1v) is 7.15. The highest BCUT2D eigenvalue weighted by molar-refractivity contribution is 7.14. The molecule has 0 N–H and O–H groups in total. The minimum absolute atomic E-state index is 0.0708. The SMILES string of the molecule is CC(C)c1cccc(-n2sc3ccccc3c2=O)c1. The first-order valence-electron chi connectivity index (χ1n) is 6.38. The maximum atomic E-state index is 12.4. The predicted octanol–water partition coefficient (Wildman–Crippen LogP) is 4.18. The van der Waals surface area contributed by atoms with Gasteiger partial charge in [0.15, 0.2) is 0 Å². The van der Waals surface area contributed by atoms with Crippen molar-refractivity contribution in [2.75, 3.05) is 0 Å². The molecule has 0 saturated carbocycles. The van der Waals surface area contributed by atoms with Gasteiger partial charge in [-0.25, -0.2) is 3.96 Å². The molecule has 1 aromatic heterocycles. The minimum atomic E-state index is 0.0708. The molecule has 2 aromatic carbocycles. The molecule has 1 heterocycles. The quantitative estimate of drug-likeness (QED) is 0.684. The minimum Gasteiger partial charge on any atom is -0.267 e. The molecule has 2 nitrogen and oxygen atoms in total. The summed E-state index contributed by atoms with van der Waals surface area (Å²) in [5.74, 6) is 0.463. The van der Waals surface area contributed by atoms with Crippen molar-refractivity contribution in [3.63, 3.8) is 0 Å². The van der Waals surface area contributed by atoms with Crippen LogP contribution < -0.4 is 5.56 Å². The maximum absolute atomic E-state index is 12.4. The summed E-state index contributed by atoms with van der Waals surface area (Å²) in [6, 6.07) is 16.0. The highest BCUT2D eigenvalue weighted by Gasteiger charge is 2.09. The Balaban J connectivity index is 2.22. The molecule has 19 heavy (non-hydrogen) atoms. The van der Waals surface area contributed by atoms with Crippen molar-refractivity contribution in [3.8, 4) is 5.69 Å². The van der Waals surface area contributed by atoms with Crippen LogP contribution in [-0.2, 0) is 0 Å². The van der Waals surface area contributed by atoms with Crippen LogP contribution in [0.2, 0.25) is 0 Å². The predicted molar refractivity (Wildman–Crippen MR) is 81.5 cm³/mol. The Bertz CT molecular complexity index is 783. The largest absolute Gasteiger partial charge is 0.273 e. The molecule has 0 spiro atoms. The fraction of sp³-hybridized carbons (Fsp3) is 0.188. The number of nitrogens with zero attached hydrogens (tertiary/aromatic N) is 1. The first-order chi connectivity index (χ1) is 9.16. The van der Waals surface area contributed by atoms with Gasteiger partial charge in [-0.05, 0) is 35.7 Å². The Hall–Kier alpha value is -1.87. The zero-order chi connectivity index (χ0) is 13.4. The molecular formula is C16H15NOS. The lowest BCUT2D eigenvalue weighted by Gasteiger charge is -2.07. The zero-order valence-electron chi connectivity index (χ0n) is 11.0. The van der Waals surface area contributed by atoms with Gasteiger partial charge in [-0.1, -0.05) is 49.6 Å². The Labute approximate surface area is 116 Å². The van der Waals surface area contributed by atoms with Gasteiger partial charge in [0.1, 0.15) is 0 Å². The third-order valence-corrected chi connectivity index (χ3v) is 4.37. The lowest BCUT2D eigenvalue weighted by molar-refractivity contribution is 0.864. The summed E-state index contributed by atoms with van der Waals surface area (Å²) < 4.78 is 2.80. The van der Waals surface area contributed by atoms with Crippen LogP contribution in [-0.4, -0.2) is 3.96 Å². The molecule has 3 aromatic rings. The van der Waals surface area contributed by atoms with E-state index in [9.17, 15) is 4.79 Å². The van der Waals surface area contributed by atoms with Crippen LogP contribution in [0.5, 0.6) is 0 Å². The molecule has 0 amide bonds. The molecular weight excluding hydrogens is 254 g/mol. The fourth-order valence-electron chi connectivity index (χ4n) is 2.15. The molecule has 0 aliphatic rings. The van der Waals surface area contributed by atoms with Crippen LogP contribution in [0.1, 0.15) is 25.3 Å². The van der Waals surface area contributed by atoms with Crippen LogP contribution in [0.4, 0.5) is 0 Å². The molecule has 0 unspecified atom stereocenters. The van der Waals surface area contributed by atoms with E-state index in [0.717, 1.165) is 15.8 Å². The second-order valence-corrected chi connectivity index (χ2v) is 5.92. The van der Waals surface area contributed by atoms with Crippen LogP contribution in [0.3, 0.4) is 0 Å². The van der Waals surface area contributed by atoms with Crippen LogP contribution in [0.15, 0.2) is 53.3 Å². The van der Waals surface area contributed by atoms with E-state index in [1.807, 2.05) is 36.4 Å². The molecule has 0 bridgehead atoms. The summed E-state index contributed by atoms with van der Waals surface area (Å²) in [5, 5.41) is 0.794. The summed E-state index contributed by atoms with van der Waals surface area (Å²) in [7, 11) is 0. The lowest BCUT2D eigenvalue weighted by Crippen LogP contribution is -2.10. The molecule has 96 valence electrons. The van der Waals surface area contributed by atoms with Crippen molar-refractivity contribution in [1.29, 1.82) is 0 Å². The van der Waals surface area contributed by atoms with Gasteiger partial charge >= 0.3 is 0 Å². The molecule has 3 heteroatoms. The standard InChI is InChI=1S/C16H15NOS/c1-11(2)12-6-5-7-13(10-12)17-16(18)14-8-3-4-9-15(14)19-17/h3-11H,1-2H3. The van der Waals surface area contributed by atoms with Crippen LogP contribution >= 0.6 is 11.5 Å². The average Bonchev–Trinajstić information content (AvgIpc) is 2.77. The summed E-state index contributed by atoms with van der Waals surface area (Å²) in [5.41, 5.74) is 2.28. The van der Waals surface area contributed by atoms with E-state index < -0.39 is 0 Å². The molecule has 0 radical (unpaired) electrons. The molecule has 0 aliphatic carbocycles. The van der Waals surface area contributed by atoms with Gasteiger partial charge in [0, 0.05) is 0 Å². The van der Waals surface area contributed by atoms with E-state index in [1.165, 1.54) is 17.1 Å². The van der Waals surface area contributed by atoms with Crippen molar-refractivity contribution in [3.05, 3.63) is 64.4 Å². The molecule has 0 fully saturated rings. The van der Waals surface area contributed by atoms with Gasteiger partial charge in [-0.3, -0.25) is 4.79 Å². The van der Waals surface area contributed by atoms with Crippen LogP contribution in [0, 0.1) is 0 Å². The highest BCUT2D eigenvalue weighted by Crippen LogP contribution is 2.22. The lowest BCUT2D eigenvalue weighted by atomic mass is 10.0. The van der Waals surface area contributed by atoms with E-state index in [4.69, 9.17) is 0 Å². The molecule has 3 rings (SSSR count). The Morgan fingerprint density at radius 1 is 1.05 bits per heavy atom. The normalized spacial score (nSPS) is 11.3. The van der Waals surface area contributed by atoms with Crippen molar-refractivity contribution in [1.82, 2.24) is 3.96 Å². The Morgan fingerprint density at radius 3 is 2.58 bits per heavy atom. The van der Waals surface area contributed by atoms with Crippen molar-refractivity contribution < 1.29 is 0 Å². The number of aromatic nitrogens is 1. The Kier molecular flexibility index (Phi) is 2.99. The summed E-state index contributed by atoms with van der Waals surface area (Å²) in [6.45, 7) is 4.32. The monoisotopic (exact) mass is 269 g/mol. The number of hydrogen-bond donors (Lipinski definition) is 0. The van der Waals surface area contributed by atoms with Gasteiger partial charge in [0.05, 0.1) is 15.8 Å². The van der Waals surface area contributed by atoms with E-state index in [1.54, 1.807) is 3.96 Å². The zero-order valence-corrected chi connectivity index (χ0v) is 11.8. The van der Waals surface area contributed by atoms with E-state index in [2.05, 4.69) is 26.0 Å². The molecule has 0 atom stereocenters. The number of rotatable bonds is 2. The topological polar surface area (TPSA) is 22.0 Å². The third-order valence-electron chi connectivity index (χ3n) is 3.26. The second kappa shape index (κ2) is 4.67. The van der Waals surface area contributed by atoms with Crippen molar-refractivity contribution >= 4 is 21.6 Å². The van der Waals surface area contributed by atoms with Gasteiger partial charge in [0.25, 0.3) is 5.56 Å². The smallest absolute Gasteiger partial charge is 0.267 e.